The molecule has 26 nitrogen and oxygen atoms in total. The number of carboxylic acids is 2. The summed E-state index contributed by atoms with van der Waals surface area (Å²) >= 11 is 1.21. The van der Waals surface area contributed by atoms with Gasteiger partial charge in [0.1, 0.15) is 42.5 Å². The molecule has 9 aromatic rings. The molecular formula is C60H60N12O14S. The Morgan fingerprint density at radius 1 is 0.862 bits per heavy atom. The number of fused-ring (bicyclic) bond motifs is 4. The number of para-hydroxylation sites is 2. The Hall–Kier alpha value is -10.1. The van der Waals surface area contributed by atoms with Gasteiger partial charge in [-0.2, -0.15) is 0 Å². The molecule has 0 spiro atoms. The van der Waals surface area contributed by atoms with Crippen LogP contribution >= 0.6 is 11.8 Å². The molecule has 2 fully saturated rings. The summed E-state index contributed by atoms with van der Waals surface area (Å²) in [6.07, 6.45) is 3.33. The predicted molar refractivity (Wildman–Crippen MR) is 319 cm³/mol. The van der Waals surface area contributed by atoms with E-state index in [2.05, 4.69) is 85.4 Å². The first-order valence-corrected chi connectivity index (χ1v) is 28.4. The van der Waals surface area contributed by atoms with Crippen molar-refractivity contribution in [1.29, 1.82) is 0 Å². The van der Waals surface area contributed by atoms with Crippen molar-refractivity contribution in [1.82, 2.24) is 48.0 Å². The van der Waals surface area contributed by atoms with Gasteiger partial charge in [0.05, 0.1) is 60.0 Å². The van der Waals surface area contributed by atoms with E-state index >= 15 is 0 Å². The lowest BCUT2D eigenvalue weighted by Crippen LogP contribution is -2.71. The SMILES string of the molecule is CCCc1nc2c(C)cc(-c3nc4ccccc4n3C)cc2n1Cc1ccc(-c2ccccc2C(=O)O)cc1.CO/N=C(\C(=O)N[C@@H]1C(=O)N2C(C(=O)O)=C(COC(N)=O)CS[C@H]12)c1ccco1.Cn1c(=O)c2c(ncn2CC2OCCO2)n(C)c1=O. The van der Waals surface area contributed by atoms with Crippen molar-refractivity contribution >= 4 is 80.6 Å². The number of aromatic nitrogens is 8. The zero-order valence-electron chi connectivity index (χ0n) is 48.0. The van der Waals surface area contributed by atoms with E-state index in [0.29, 0.717) is 43.0 Å². The Kier molecular flexibility index (Phi) is 17.7. The second-order valence-electron chi connectivity index (χ2n) is 20.3. The van der Waals surface area contributed by atoms with E-state index in [4.69, 9.17) is 29.6 Å². The minimum Gasteiger partial charge on any atom is -0.478 e. The van der Waals surface area contributed by atoms with Crippen molar-refractivity contribution in [3.8, 4) is 22.5 Å². The molecular weight excluding hydrogens is 1140 g/mol. The van der Waals surface area contributed by atoms with Gasteiger partial charge in [0, 0.05) is 51.0 Å². The van der Waals surface area contributed by atoms with Gasteiger partial charge in [-0.1, -0.05) is 66.7 Å². The van der Waals surface area contributed by atoms with Crippen LogP contribution in [0.5, 0.6) is 0 Å². The summed E-state index contributed by atoms with van der Waals surface area (Å²) in [4.78, 5) is 103. The maximum atomic E-state index is 12.6. The number of aliphatic carboxylic acids is 1. The lowest BCUT2D eigenvalue weighted by atomic mass is 9.98. The van der Waals surface area contributed by atoms with Crippen molar-refractivity contribution < 1.29 is 57.7 Å². The number of ether oxygens (including phenoxy) is 3. The Morgan fingerprint density at radius 2 is 1.60 bits per heavy atom. The third kappa shape index (κ3) is 12.1. The van der Waals surface area contributed by atoms with E-state index in [9.17, 15) is 43.8 Å². The zero-order valence-corrected chi connectivity index (χ0v) is 48.8. The number of nitrogens with two attached hydrogens (primary N) is 1. The first-order chi connectivity index (χ1) is 41.9. The lowest BCUT2D eigenvalue weighted by molar-refractivity contribution is -0.150. The minimum absolute atomic E-state index is 0.140. The molecule has 5 N–H and O–H groups in total. The summed E-state index contributed by atoms with van der Waals surface area (Å²) in [7, 11) is 6.35. The molecule has 450 valence electrons. The highest BCUT2D eigenvalue weighted by atomic mass is 32.2. The van der Waals surface area contributed by atoms with Crippen LogP contribution < -0.4 is 22.3 Å². The third-order valence-corrected chi connectivity index (χ3v) is 16.1. The number of thioether (sulfide) groups is 1. The number of nitrogens with zero attached hydrogens (tertiary/aromatic N) is 10. The van der Waals surface area contributed by atoms with Crippen LogP contribution in [0.2, 0.25) is 0 Å². The predicted octanol–water partition coefficient (Wildman–Crippen LogP) is 5.54. The number of imidazole rings is 3. The van der Waals surface area contributed by atoms with E-state index in [0.717, 1.165) is 83.8 Å². The Balaban J connectivity index is 0.000000154. The fourth-order valence-electron chi connectivity index (χ4n) is 10.5. The highest BCUT2D eigenvalue weighted by molar-refractivity contribution is 8.00. The summed E-state index contributed by atoms with van der Waals surface area (Å²) in [5, 5.41) is 24.6. The second kappa shape index (κ2) is 25.6. The standard InChI is InChI=1S/C33H30N4O2.C16H16N4O8S.C11H14N4O4/c1-4-9-30-35-31-21(2)18-24(32-34-27-12-7-8-13-28(27)36(32)3)19-29(31)37(30)20-22-14-16-23(17-15-22)25-10-5-6-11-26(25)33(38)39;1-26-19-9(8-3-2-4-27-8)12(21)18-10-13(22)20-11(15(23)24)7(5-28-16(17)25)6-29-14(10)20;1-13-9-8(10(16)14(2)11(13)17)15(6-12-9)5-7-18-3-4-19-7/h5-8,10-19H,4,9,20H2,1-3H3,(H,38,39);2-4,10,14H,5-6H2,1H3,(H2,17,25)(H,18,21)(H,23,24);6-7H,3-5H2,1-2H3/b;19-9-;/t;10-,14-;/m.1./s1. The van der Waals surface area contributed by atoms with Crippen LogP contribution in [-0.4, -0.2) is 139 Å². The molecule has 0 saturated carbocycles. The number of carbonyl (C=O) groups excluding carboxylic acids is 3. The van der Waals surface area contributed by atoms with Crippen molar-refractivity contribution in [3.05, 3.63) is 170 Å². The summed E-state index contributed by atoms with van der Waals surface area (Å²) in [5.41, 5.74) is 14.1. The number of carboxylic acid groups (broad SMARTS) is 2. The number of aryl methyl sites for hydroxylation is 4. The molecule has 5 aromatic heterocycles. The fraction of sp³-hybridized carbons (Fsp3) is 0.283. The number of β-lactam (4-membered cyclic amide) rings is 1. The van der Waals surface area contributed by atoms with Crippen LogP contribution in [0, 0.1) is 6.92 Å². The molecule has 8 heterocycles. The van der Waals surface area contributed by atoms with Crippen LogP contribution in [0.4, 0.5) is 4.79 Å². The molecule has 0 radical (unpaired) electrons. The van der Waals surface area contributed by atoms with Gasteiger partial charge in [0.25, 0.3) is 17.4 Å². The average molecular weight is 1210 g/mol. The average Bonchev–Trinajstić information content (AvgIpc) is 1.42. The molecule has 4 aromatic carbocycles. The number of aromatic carboxylic acids is 1. The van der Waals surface area contributed by atoms with E-state index in [-0.39, 0.29) is 47.0 Å². The Morgan fingerprint density at radius 3 is 2.28 bits per heavy atom. The van der Waals surface area contributed by atoms with E-state index in [1.54, 1.807) is 29.8 Å². The minimum atomic E-state index is -1.35. The van der Waals surface area contributed by atoms with E-state index < -0.39 is 47.0 Å². The van der Waals surface area contributed by atoms with Crippen LogP contribution in [0.25, 0.3) is 55.7 Å². The number of nitrogens with one attached hydrogen (secondary N) is 1. The molecule has 0 bridgehead atoms. The third-order valence-electron chi connectivity index (χ3n) is 14.7. The first kappa shape index (κ1) is 60.0. The van der Waals surface area contributed by atoms with Crippen molar-refractivity contribution in [2.45, 2.75) is 57.5 Å². The van der Waals surface area contributed by atoms with Gasteiger partial charge >= 0.3 is 23.7 Å². The molecule has 2 atom stereocenters. The van der Waals surface area contributed by atoms with Gasteiger partial charge in [0.2, 0.25) is 5.71 Å². The quantitative estimate of drug-likeness (QED) is 0.0524. The van der Waals surface area contributed by atoms with Crippen molar-refractivity contribution in [2.75, 3.05) is 32.7 Å². The largest absolute Gasteiger partial charge is 0.478 e. The second-order valence-corrected chi connectivity index (χ2v) is 21.4. The highest BCUT2D eigenvalue weighted by Crippen LogP contribution is 2.41. The number of furan rings is 1. The lowest BCUT2D eigenvalue weighted by Gasteiger charge is -2.49. The molecule has 27 heteroatoms. The number of primary amides is 1. The van der Waals surface area contributed by atoms with E-state index in [1.807, 2.05) is 42.5 Å². The van der Waals surface area contributed by atoms with Crippen LogP contribution in [0.15, 0.2) is 140 Å². The fourth-order valence-corrected chi connectivity index (χ4v) is 11.9. The zero-order chi connectivity index (χ0) is 61.8. The molecule has 0 aliphatic carbocycles. The molecule has 3 aliphatic heterocycles. The number of hydrogen-bond donors (Lipinski definition) is 4. The highest BCUT2D eigenvalue weighted by Gasteiger charge is 2.54. The van der Waals surface area contributed by atoms with Crippen molar-refractivity contribution in [2.24, 2.45) is 32.0 Å². The van der Waals surface area contributed by atoms with E-state index in [1.165, 1.54) is 49.1 Å². The van der Waals surface area contributed by atoms with Crippen LogP contribution in [-0.2, 0) is 74.1 Å². The molecule has 0 unspecified atom stereocenters. The van der Waals surface area contributed by atoms with Gasteiger partial charge in [0.15, 0.2) is 23.2 Å². The summed E-state index contributed by atoms with van der Waals surface area (Å²) in [6, 6.07) is 30.0. The molecule has 3 amide bonds. The topological polar surface area (TPSA) is 327 Å². The number of carbonyl (C=O) groups is 5. The van der Waals surface area contributed by atoms with Gasteiger partial charge in [-0.3, -0.25) is 28.4 Å². The summed E-state index contributed by atoms with van der Waals surface area (Å²) in [5.74, 6) is -1.30. The maximum Gasteiger partial charge on any atom is 0.404 e. The molecule has 12 rings (SSSR count). The van der Waals surface area contributed by atoms with Gasteiger partial charge < -0.3 is 58.4 Å². The number of hydrogen-bond acceptors (Lipinski definition) is 17. The molecule has 87 heavy (non-hydrogen) atoms. The smallest absolute Gasteiger partial charge is 0.404 e. The van der Waals surface area contributed by atoms with Gasteiger partial charge in [-0.15, -0.1) is 11.8 Å². The van der Waals surface area contributed by atoms with Gasteiger partial charge in [-0.05, 0) is 78.1 Å². The number of rotatable bonds is 16. The van der Waals surface area contributed by atoms with Crippen LogP contribution in [0.3, 0.4) is 0 Å². The Labute approximate surface area is 499 Å². The molecule has 2 saturated heterocycles. The summed E-state index contributed by atoms with van der Waals surface area (Å²) < 4.78 is 29.0. The number of amides is 3. The normalized spacial score (nSPS) is 15.8. The first-order valence-electron chi connectivity index (χ1n) is 27.3. The number of benzene rings is 4. The Bertz CT molecular complexity index is 4320. The van der Waals surface area contributed by atoms with Crippen LogP contribution in [0.1, 0.15) is 46.4 Å². The monoisotopic (exact) mass is 1200 g/mol. The maximum absolute atomic E-state index is 12.6. The number of oxime groups is 1. The van der Waals surface area contributed by atoms with Gasteiger partial charge in [-0.25, -0.2) is 34.1 Å². The summed E-state index contributed by atoms with van der Waals surface area (Å²) in [6.45, 7) is 6.11. The van der Waals surface area contributed by atoms with Crippen molar-refractivity contribution in [3.63, 3.8) is 0 Å². The molecule has 3 aliphatic rings.